The van der Waals surface area contributed by atoms with Gasteiger partial charge in [-0.3, -0.25) is 0 Å². The average molecular weight is 272 g/mol. The predicted octanol–water partition coefficient (Wildman–Crippen LogP) is 0.616. The maximum Gasteiger partial charge on any atom is 0.291 e. The zero-order valence-electron chi connectivity index (χ0n) is 9.97. The first-order valence-electron chi connectivity index (χ1n) is 5.26. The number of hydrogen-bond donors (Lipinski definition) is 4. The van der Waals surface area contributed by atoms with Crippen LogP contribution in [0.5, 0.6) is 0 Å². The SMILES string of the molecule is O=[N+]([O-])O.O=[N+]([O-])O.OCCCCCCCCO. The van der Waals surface area contributed by atoms with Crippen LogP contribution in [-0.2, 0) is 0 Å². The predicted molar refractivity (Wildman–Crippen MR) is 59.4 cm³/mol. The largest absolute Gasteiger partial charge is 0.396 e. The van der Waals surface area contributed by atoms with Gasteiger partial charge in [-0.05, 0) is 12.8 Å². The van der Waals surface area contributed by atoms with Crippen LogP contribution in [-0.4, -0.2) is 44.0 Å². The van der Waals surface area contributed by atoms with Crippen molar-refractivity contribution in [3.8, 4) is 0 Å². The van der Waals surface area contributed by atoms with Gasteiger partial charge in [0.15, 0.2) is 0 Å². The van der Waals surface area contributed by atoms with E-state index in [4.69, 9.17) is 40.9 Å². The lowest BCUT2D eigenvalue weighted by atomic mass is 10.1. The molecule has 0 aromatic rings. The molecule has 0 spiro atoms. The first-order valence-corrected chi connectivity index (χ1v) is 5.26. The second-order valence-electron chi connectivity index (χ2n) is 3.04. The van der Waals surface area contributed by atoms with Gasteiger partial charge in [-0.1, -0.05) is 25.7 Å². The smallest absolute Gasteiger partial charge is 0.291 e. The third-order valence-electron chi connectivity index (χ3n) is 1.57. The lowest BCUT2D eigenvalue weighted by molar-refractivity contribution is -0.742. The Kier molecular flexibility index (Phi) is 24.8. The molecule has 0 aromatic heterocycles. The summed E-state index contributed by atoms with van der Waals surface area (Å²) >= 11 is 0. The van der Waals surface area contributed by atoms with Crippen LogP contribution in [0.3, 0.4) is 0 Å². The van der Waals surface area contributed by atoms with Crippen LogP contribution < -0.4 is 0 Å². The molecule has 0 rings (SSSR count). The zero-order chi connectivity index (χ0) is 14.8. The van der Waals surface area contributed by atoms with Gasteiger partial charge in [-0.25, -0.2) is 0 Å². The van der Waals surface area contributed by atoms with Gasteiger partial charge < -0.3 is 20.6 Å². The first-order chi connectivity index (χ1) is 8.38. The number of hydrogen-bond acceptors (Lipinski definition) is 6. The molecule has 0 atom stereocenters. The molecule has 0 amide bonds. The van der Waals surface area contributed by atoms with E-state index in [0.29, 0.717) is 13.2 Å². The van der Waals surface area contributed by atoms with Crippen LogP contribution >= 0.6 is 0 Å². The Morgan fingerprint density at radius 1 is 0.667 bits per heavy atom. The molecule has 18 heavy (non-hydrogen) atoms. The molecule has 0 aliphatic rings. The summed E-state index contributed by atoms with van der Waals surface area (Å²) in [4.78, 5) is 16.7. The zero-order valence-corrected chi connectivity index (χ0v) is 9.97. The number of rotatable bonds is 7. The van der Waals surface area contributed by atoms with Gasteiger partial charge in [-0.15, -0.1) is 20.2 Å². The standard InChI is InChI=1S/C8H18O2.2HNO3/c9-7-5-3-1-2-4-6-8-10;2*2-1(3)4/h9-10H,1-8H2;2*(H,2,3,4). The lowest BCUT2D eigenvalue weighted by Gasteiger charge is -1.97. The van der Waals surface area contributed by atoms with E-state index in [1.54, 1.807) is 0 Å². The van der Waals surface area contributed by atoms with E-state index in [9.17, 15) is 0 Å². The van der Waals surface area contributed by atoms with Crippen molar-refractivity contribution >= 4 is 0 Å². The van der Waals surface area contributed by atoms with Crippen LogP contribution in [0.4, 0.5) is 0 Å². The number of aliphatic hydroxyl groups is 2. The Balaban J connectivity index is -0.000000233. The minimum Gasteiger partial charge on any atom is -0.396 e. The van der Waals surface area contributed by atoms with Crippen molar-refractivity contribution in [2.75, 3.05) is 13.2 Å². The highest BCUT2D eigenvalue weighted by Crippen LogP contribution is 2.03. The third kappa shape index (κ3) is 89.8. The lowest BCUT2D eigenvalue weighted by Crippen LogP contribution is -1.85. The fourth-order valence-corrected chi connectivity index (χ4v) is 0.931. The van der Waals surface area contributed by atoms with E-state index >= 15 is 0 Å². The van der Waals surface area contributed by atoms with E-state index in [2.05, 4.69) is 0 Å². The van der Waals surface area contributed by atoms with Crippen LogP contribution in [0.1, 0.15) is 38.5 Å². The summed E-state index contributed by atoms with van der Waals surface area (Å²) in [6.45, 7) is 0.639. The van der Waals surface area contributed by atoms with Crippen molar-refractivity contribution in [3.05, 3.63) is 20.2 Å². The second-order valence-corrected chi connectivity index (χ2v) is 3.04. The van der Waals surface area contributed by atoms with Crippen molar-refractivity contribution in [1.82, 2.24) is 0 Å². The molecule has 10 nitrogen and oxygen atoms in total. The molecule has 0 fully saturated rings. The van der Waals surface area contributed by atoms with Crippen molar-refractivity contribution in [1.29, 1.82) is 0 Å². The van der Waals surface area contributed by atoms with Gasteiger partial charge in [-0.2, -0.15) is 0 Å². The highest BCUT2D eigenvalue weighted by Gasteiger charge is 1.88. The summed E-state index contributed by atoms with van der Waals surface area (Å²) in [7, 11) is 0. The molecular formula is C8H20N2O8. The Bertz CT molecular complexity index is 162. The topological polar surface area (TPSA) is 167 Å². The Labute approximate surface area is 104 Å². The second kappa shape index (κ2) is 20.7. The summed E-state index contributed by atoms with van der Waals surface area (Å²) < 4.78 is 0. The van der Waals surface area contributed by atoms with Crippen molar-refractivity contribution in [2.45, 2.75) is 38.5 Å². The molecule has 110 valence electrons. The molecule has 0 bridgehead atoms. The van der Waals surface area contributed by atoms with Gasteiger partial charge in [0.2, 0.25) is 0 Å². The Morgan fingerprint density at radius 3 is 1.00 bits per heavy atom. The van der Waals surface area contributed by atoms with E-state index < -0.39 is 10.2 Å². The normalized spacial score (nSPS) is 8.33. The number of unbranched alkanes of at least 4 members (excludes halogenated alkanes) is 5. The van der Waals surface area contributed by atoms with Gasteiger partial charge >= 0.3 is 0 Å². The fourth-order valence-electron chi connectivity index (χ4n) is 0.931. The van der Waals surface area contributed by atoms with Gasteiger partial charge in [0, 0.05) is 13.2 Å². The molecule has 4 N–H and O–H groups in total. The summed E-state index contributed by atoms with van der Waals surface area (Å²) in [6, 6.07) is 0. The van der Waals surface area contributed by atoms with Crippen LogP contribution in [0.2, 0.25) is 0 Å². The minimum atomic E-state index is -1.50. The molecule has 0 aliphatic heterocycles. The summed E-state index contributed by atoms with van der Waals surface area (Å²) in [5, 5.41) is 44.1. The maximum atomic E-state index is 8.43. The van der Waals surface area contributed by atoms with E-state index in [1.807, 2.05) is 0 Å². The fraction of sp³-hybridized carbons (Fsp3) is 1.00. The molecule has 0 saturated carbocycles. The minimum absolute atomic E-state index is 0.319. The monoisotopic (exact) mass is 272 g/mol. The highest BCUT2D eigenvalue weighted by atomic mass is 16.9. The van der Waals surface area contributed by atoms with Gasteiger partial charge in [0.1, 0.15) is 0 Å². The summed E-state index contributed by atoms with van der Waals surface area (Å²) in [5.41, 5.74) is 0. The molecule has 0 aromatic carbocycles. The maximum absolute atomic E-state index is 8.43. The number of nitrogens with zero attached hydrogens (tertiary/aromatic N) is 2. The van der Waals surface area contributed by atoms with Gasteiger partial charge in [0.05, 0.1) is 0 Å². The van der Waals surface area contributed by atoms with E-state index in [0.717, 1.165) is 25.7 Å². The molecule has 0 saturated heterocycles. The Morgan fingerprint density at radius 2 is 0.833 bits per heavy atom. The Hall–Kier alpha value is -1.68. The van der Waals surface area contributed by atoms with Crippen LogP contribution in [0.25, 0.3) is 0 Å². The quantitative estimate of drug-likeness (QED) is 0.297. The molecule has 0 unspecified atom stereocenters. The van der Waals surface area contributed by atoms with Crippen molar-refractivity contribution in [2.24, 2.45) is 0 Å². The highest BCUT2D eigenvalue weighted by molar-refractivity contribution is 4.43. The molecule has 0 aliphatic carbocycles. The van der Waals surface area contributed by atoms with Crippen molar-refractivity contribution < 1.29 is 30.8 Å². The van der Waals surface area contributed by atoms with Crippen LogP contribution in [0, 0.1) is 20.2 Å². The molecule has 10 heteroatoms. The number of aliphatic hydroxyl groups excluding tert-OH is 2. The van der Waals surface area contributed by atoms with Crippen molar-refractivity contribution in [3.63, 3.8) is 0 Å². The molecule has 0 heterocycles. The summed E-state index contributed by atoms with van der Waals surface area (Å²) in [6.07, 6.45) is 6.50. The van der Waals surface area contributed by atoms with Crippen LogP contribution in [0.15, 0.2) is 0 Å². The average Bonchev–Trinajstić information content (AvgIpc) is 2.22. The summed E-state index contributed by atoms with van der Waals surface area (Å²) in [5.74, 6) is 0. The van der Waals surface area contributed by atoms with E-state index in [-0.39, 0.29) is 0 Å². The molecule has 0 radical (unpaired) electrons. The van der Waals surface area contributed by atoms with Gasteiger partial charge in [0.25, 0.3) is 10.2 Å². The first kappa shape index (κ1) is 21.6. The van der Waals surface area contributed by atoms with E-state index in [1.165, 1.54) is 12.8 Å². The molecular weight excluding hydrogens is 252 g/mol. The third-order valence-corrected chi connectivity index (χ3v) is 1.57.